The second-order valence-electron chi connectivity index (χ2n) is 4.99. The van der Waals surface area contributed by atoms with Crippen LogP contribution in [0.1, 0.15) is 28.0 Å². The fraction of sp³-hybridized carbons (Fsp3) is 0.250. The van der Waals surface area contributed by atoms with Gasteiger partial charge >= 0.3 is 0 Å². The lowest BCUT2D eigenvalue weighted by Gasteiger charge is -2.30. The third kappa shape index (κ3) is 2.29. The molecule has 3 nitrogen and oxygen atoms in total. The van der Waals surface area contributed by atoms with Gasteiger partial charge in [-0.15, -0.1) is 0 Å². The molecule has 0 unspecified atom stereocenters. The second kappa shape index (κ2) is 5.25. The Morgan fingerprint density at radius 3 is 2.85 bits per heavy atom. The van der Waals surface area contributed by atoms with Gasteiger partial charge in [-0.2, -0.15) is 0 Å². The molecule has 0 bridgehead atoms. The van der Waals surface area contributed by atoms with E-state index in [1.54, 1.807) is 18.2 Å². The van der Waals surface area contributed by atoms with Crippen LogP contribution in [0.15, 0.2) is 36.4 Å². The normalized spacial score (nSPS) is 14.0. The number of nitrogens with zero attached hydrogens (tertiary/aromatic N) is 2. The summed E-state index contributed by atoms with van der Waals surface area (Å²) in [5, 5.41) is 0.345. The van der Waals surface area contributed by atoms with Crippen LogP contribution in [0.3, 0.4) is 0 Å². The molecule has 2 heterocycles. The molecule has 102 valence electrons. The van der Waals surface area contributed by atoms with Gasteiger partial charge in [0, 0.05) is 6.54 Å². The van der Waals surface area contributed by atoms with Crippen molar-refractivity contribution in [2.45, 2.75) is 19.8 Å². The molecule has 0 radical (unpaired) electrons. The van der Waals surface area contributed by atoms with Crippen LogP contribution in [0.2, 0.25) is 5.15 Å². The molecule has 3 rings (SSSR count). The van der Waals surface area contributed by atoms with E-state index in [0.29, 0.717) is 10.8 Å². The van der Waals surface area contributed by atoms with Crippen molar-refractivity contribution in [3.8, 4) is 0 Å². The number of fused-ring (bicyclic) bond motifs is 1. The fourth-order valence-corrected chi connectivity index (χ4v) is 2.88. The van der Waals surface area contributed by atoms with Crippen molar-refractivity contribution in [3.63, 3.8) is 0 Å². The quantitative estimate of drug-likeness (QED) is 0.750. The zero-order chi connectivity index (χ0) is 14.1. The molecule has 20 heavy (non-hydrogen) atoms. The van der Waals surface area contributed by atoms with Gasteiger partial charge in [-0.05, 0) is 43.0 Å². The van der Waals surface area contributed by atoms with E-state index < -0.39 is 0 Å². The molecule has 1 amide bonds. The van der Waals surface area contributed by atoms with E-state index in [-0.39, 0.29) is 5.91 Å². The van der Waals surface area contributed by atoms with Crippen LogP contribution in [-0.4, -0.2) is 17.4 Å². The minimum Gasteiger partial charge on any atom is -0.306 e. The largest absolute Gasteiger partial charge is 0.306 e. The first-order valence-corrected chi connectivity index (χ1v) is 7.07. The van der Waals surface area contributed by atoms with Crippen molar-refractivity contribution in [1.29, 1.82) is 0 Å². The molecule has 1 aliphatic rings. The number of benzene rings is 1. The Kier molecular flexibility index (Phi) is 3.45. The highest BCUT2D eigenvalue weighted by atomic mass is 35.5. The molecule has 0 spiro atoms. The van der Waals surface area contributed by atoms with Crippen molar-refractivity contribution in [2.24, 2.45) is 0 Å². The van der Waals surface area contributed by atoms with Gasteiger partial charge in [-0.1, -0.05) is 35.9 Å². The van der Waals surface area contributed by atoms with Crippen LogP contribution >= 0.6 is 11.6 Å². The first kappa shape index (κ1) is 13.1. The highest BCUT2D eigenvalue weighted by Gasteiger charge is 2.25. The molecule has 0 fully saturated rings. The van der Waals surface area contributed by atoms with Gasteiger partial charge in [0.1, 0.15) is 10.8 Å². The average Bonchev–Trinajstić information content (AvgIpc) is 2.46. The van der Waals surface area contributed by atoms with E-state index in [1.807, 2.05) is 24.0 Å². The molecule has 1 aromatic heterocycles. The smallest absolute Gasteiger partial charge is 0.276 e. The van der Waals surface area contributed by atoms with E-state index in [1.165, 1.54) is 5.56 Å². The standard InChI is InChI=1S/C16H15ClN2O/c1-11-5-2-6-12-7-4-10-19(15(11)12)16(20)13-8-3-9-14(17)18-13/h2-3,5-6,8-9H,4,7,10H2,1H3. The first-order chi connectivity index (χ1) is 9.66. The van der Waals surface area contributed by atoms with E-state index >= 15 is 0 Å². The van der Waals surface area contributed by atoms with Gasteiger partial charge in [-0.3, -0.25) is 4.79 Å². The van der Waals surface area contributed by atoms with E-state index in [4.69, 9.17) is 11.6 Å². The average molecular weight is 287 g/mol. The molecule has 0 saturated carbocycles. The lowest BCUT2D eigenvalue weighted by molar-refractivity contribution is 0.0980. The maximum atomic E-state index is 12.7. The number of pyridine rings is 1. The Morgan fingerprint density at radius 2 is 2.05 bits per heavy atom. The monoisotopic (exact) mass is 286 g/mol. The number of hydrogen-bond donors (Lipinski definition) is 0. The summed E-state index contributed by atoms with van der Waals surface area (Å²) >= 11 is 5.88. The van der Waals surface area contributed by atoms with Gasteiger partial charge < -0.3 is 4.90 Å². The number of halogens is 1. The molecule has 2 aromatic rings. The molecule has 0 saturated heterocycles. The summed E-state index contributed by atoms with van der Waals surface area (Å²) in [4.78, 5) is 18.6. The van der Waals surface area contributed by atoms with Gasteiger partial charge in [0.25, 0.3) is 5.91 Å². The summed E-state index contributed by atoms with van der Waals surface area (Å²) in [5.74, 6) is -0.0808. The van der Waals surface area contributed by atoms with Crippen LogP contribution in [0.5, 0.6) is 0 Å². The second-order valence-corrected chi connectivity index (χ2v) is 5.38. The molecule has 0 atom stereocenters. The lowest BCUT2D eigenvalue weighted by atomic mass is 9.98. The molecule has 1 aromatic carbocycles. The SMILES string of the molecule is Cc1cccc2c1N(C(=O)c1cccc(Cl)n1)CCC2. The number of rotatable bonds is 1. The molecule has 1 aliphatic heterocycles. The predicted octanol–water partition coefficient (Wildman–Crippen LogP) is 3.64. The summed E-state index contributed by atoms with van der Waals surface area (Å²) in [6.07, 6.45) is 1.99. The van der Waals surface area contributed by atoms with Crippen molar-refractivity contribution in [2.75, 3.05) is 11.4 Å². The third-order valence-electron chi connectivity index (χ3n) is 3.60. The van der Waals surface area contributed by atoms with Crippen molar-refractivity contribution in [1.82, 2.24) is 4.98 Å². The Bertz CT molecular complexity index is 669. The lowest BCUT2D eigenvalue weighted by Crippen LogP contribution is -2.36. The summed E-state index contributed by atoms with van der Waals surface area (Å²) < 4.78 is 0. The summed E-state index contributed by atoms with van der Waals surface area (Å²) in [6, 6.07) is 11.3. The van der Waals surface area contributed by atoms with Crippen molar-refractivity contribution < 1.29 is 4.79 Å². The van der Waals surface area contributed by atoms with Crippen LogP contribution in [0.4, 0.5) is 5.69 Å². The maximum Gasteiger partial charge on any atom is 0.276 e. The zero-order valence-electron chi connectivity index (χ0n) is 11.3. The van der Waals surface area contributed by atoms with Gasteiger partial charge in [-0.25, -0.2) is 4.98 Å². The Morgan fingerprint density at radius 1 is 1.25 bits per heavy atom. The Hall–Kier alpha value is -1.87. The summed E-state index contributed by atoms with van der Waals surface area (Å²) in [5.41, 5.74) is 3.78. The molecular weight excluding hydrogens is 272 g/mol. The van der Waals surface area contributed by atoms with Crippen molar-refractivity contribution in [3.05, 3.63) is 58.4 Å². The maximum absolute atomic E-state index is 12.7. The minimum atomic E-state index is -0.0808. The number of aryl methyl sites for hydroxylation is 2. The van der Waals surface area contributed by atoms with Gasteiger partial charge in [0.2, 0.25) is 0 Å². The van der Waals surface area contributed by atoms with Gasteiger partial charge in [0.05, 0.1) is 5.69 Å². The van der Waals surface area contributed by atoms with E-state index in [9.17, 15) is 4.79 Å². The highest BCUT2D eigenvalue weighted by molar-refractivity contribution is 6.29. The topological polar surface area (TPSA) is 33.2 Å². The third-order valence-corrected chi connectivity index (χ3v) is 3.81. The molecular formula is C16H15ClN2O. The fourth-order valence-electron chi connectivity index (χ4n) is 2.72. The van der Waals surface area contributed by atoms with Crippen LogP contribution in [0, 0.1) is 6.92 Å². The van der Waals surface area contributed by atoms with Crippen LogP contribution in [0.25, 0.3) is 0 Å². The molecule has 0 N–H and O–H groups in total. The number of carbonyl (C=O) groups is 1. The molecule has 0 aliphatic carbocycles. The number of amides is 1. The number of hydrogen-bond acceptors (Lipinski definition) is 2. The zero-order valence-corrected chi connectivity index (χ0v) is 12.0. The number of para-hydroxylation sites is 1. The minimum absolute atomic E-state index is 0.0808. The van der Waals surface area contributed by atoms with Crippen molar-refractivity contribution >= 4 is 23.2 Å². The summed E-state index contributed by atoms with van der Waals surface area (Å²) in [7, 11) is 0. The van der Waals surface area contributed by atoms with Gasteiger partial charge in [0.15, 0.2) is 0 Å². The number of aromatic nitrogens is 1. The highest BCUT2D eigenvalue weighted by Crippen LogP contribution is 2.31. The first-order valence-electron chi connectivity index (χ1n) is 6.70. The Balaban J connectivity index is 2.03. The Labute approximate surface area is 123 Å². The number of anilines is 1. The number of carbonyl (C=O) groups excluding carboxylic acids is 1. The predicted molar refractivity (Wildman–Crippen MR) is 80.4 cm³/mol. The van der Waals surface area contributed by atoms with E-state index in [2.05, 4.69) is 11.1 Å². The summed E-state index contributed by atoms with van der Waals surface area (Å²) in [6.45, 7) is 2.76. The molecule has 4 heteroatoms. The van der Waals surface area contributed by atoms with Crippen LogP contribution in [-0.2, 0) is 6.42 Å². The van der Waals surface area contributed by atoms with Crippen LogP contribution < -0.4 is 4.90 Å². The van der Waals surface area contributed by atoms with E-state index in [0.717, 1.165) is 30.6 Å².